The van der Waals surface area contributed by atoms with Gasteiger partial charge in [-0.25, -0.2) is 9.97 Å². The van der Waals surface area contributed by atoms with Crippen LogP contribution in [0.25, 0.3) is 103 Å². The highest BCUT2D eigenvalue weighted by Crippen LogP contribution is 2.43. The summed E-state index contributed by atoms with van der Waals surface area (Å²) >= 11 is 1.75. The predicted octanol–water partition coefficient (Wildman–Crippen LogP) is 12.3. The number of benzene rings is 7. The highest BCUT2D eigenvalue weighted by atomic mass is 32.1. The van der Waals surface area contributed by atoms with Gasteiger partial charge >= 0.3 is 0 Å². The number of fused-ring (bicyclic) bond motifs is 11. The Labute approximate surface area is 284 Å². The molecule has 11 rings (SSSR count). The molecule has 0 aliphatic carbocycles. The molecular weight excluding hydrogens is 619 g/mol. The molecule has 11 aromatic rings. The Morgan fingerprint density at radius 1 is 0.510 bits per heavy atom. The molecule has 0 amide bonds. The monoisotopic (exact) mass is 643 g/mol. The summed E-state index contributed by atoms with van der Waals surface area (Å²) in [5.41, 5.74) is 9.06. The Bertz CT molecular complexity index is 3060. The number of nitrogens with zero attached hydrogens (tertiary/aromatic N) is 3. The fourth-order valence-corrected chi connectivity index (χ4v) is 8.81. The number of thiophene rings is 1. The molecule has 0 N–H and O–H groups in total. The van der Waals surface area contributed by atoms with Crippen LogP contribution in [-0.2, 0) is 0 Å². The molecule has 228 valence electrons. The number of hydrogen-bond donors (Lipinski definition) is 0. The van der Waals surface area contributed by atoms with Gasteiger partial charge < -0.3 is 8.98 Å². The second-order valence-electron chi connectivity index (χ2n) is 12.5. The standard InChI is InChI=1S/C44H25N3OS/c1-2-12-26(13-3-1)41-43-42(33-18-8-11-21-39(33)49-43)46-44(45-41)34-25-38-40(31-17-5-4-14-28(31)34)32-23-22-27(24-37(32)48-38)47-35-19-9-6-15-29(35)30-16-7-10-20-36(30)47/h1-25H. The molecule has 0 atom stereocenters. The fraction of sp³-hybridized carbons (Fsp3) is 0. The van der Waals surface area contributed by atoms with Crippen LogP contribution in [0.1, 0.15) is 0 Å². The number of aromatic nitrogens is 3. The van der Waals surface area contributed by atoms with Crippen molar-refractivity contribution in [3.05, 3.63) is 152 Å². The topological polar surface area (TPSA) is 43.9 Å². The first-order valence-corrected chi connectivity index (χ1v) is 17.2. The third-order valence-corrected chi connectivity index (χ3v) is 11.0. The van der Waals surface area contributed by atoms with E-state index in [1.165, 1.54) is 26.5 Å². The average Bonchev–Trinajstić information content (AvgIpc) is 3.83. The van der Waals surface area contributed by atoms with Crippen LogP contribution >= 0.6 is 11.3 Å². The van der Waals surface area contributed by atoms with Gasteiger partial charge in [0.25, 0.3) is 0 Å². The SMILES string of the molecule is c1ccc(-c2nc(-c3cc4oc5cc(-n6c7ccccc7c7ccccc76)ccc5c4c4ccccc34)nc3c2sc2ccccc23)cc1. The van der Waals surface area contributed by atoms with E-state index in [-0.39, 0.29) is 0 Å². The zero-order valence-electron chi connectivity index (χ0n) is 26.1. The average molecular weight is 644 g/mol. The Morgan fingerprint density at radius 2 is 1.16 bits per heavy atom. The summed E-state index contributed by atoms with van der Waals surface area (Å²) in [4.78, 5) is 10.6. The number of hydrogen-bond acceptors (Lipinski definition) is 4. The number of furan rings is 1. The summed E-state index contributed by atoms with van der Waals surface area (Å²) in [6.45, 7) is 0. The van der Waals surface area contributed by atoms with Crippen LogP contribution in [0.3, 0.4) is 0 Å². The van der Waals surface area contributed by atoms with Crippen LogP contribution in [0.2, 0.25) is 0 Å². The van der Waals surface area contributed by atoms with Gasteiger partial charge in [-0.15, -0.1) is 11.3 Å². The van der Waals surface area contributed by atoms with Crippen molar-refractivity contribution in [2.45, 2.75) is 0 Å². The molecule has 7 aromatic carbocycles. The van der Waals surface area contributed by atoms with E-state index in [4.69, 9.17) is 14.4 Å². The van der Waals surface area contributed by atoms with Crippen molar-refractivity contribution in [2.24, 2.45) is 0 Å². The minimum atomic E-state index is 0.694. The van der Waals surface area contributed by atoms with E-state index in [9.17, 15) is 0 Å². The molecule has 0 bridgehead atoms. The van der Waals surface area contributed by atoms with E-state index in [0.29, 0.717) is 5.82 Å². The molecule has 49 heavy (non-hydrogen) atoms. The van der Waals surface area contributed by atoms with Crippen LogP contribution in [0.15, 0.2) is 156 Å². The minimum Gasteiger partial charge on any atom is -0.456 e. The Morgan fingerprint density at radius 3 is 1.94 bits per heavy atom. The Kier molecular flexibility index (Phi) is 5.51. The van der Waals surface area contributed by atoms with E-state index in [2.05, 4.69) is 150 Å². The van der Waals surface area contributed by atoms with Gasteiger partial charge in [0, 0.05) is 54.5 Å². The van der Waals surface area contributed by atoms with Gasteiger partial charge in [-0.05, 0) is 47.2 Å². The summed E-state index contributed by atoms with van der Waals surface area (Å²) in [6.07, 6.45) is 0. The lowest BCUT2D eigenvalue weighted by atomic mass is 9.98. The number of rotatable bonds is 3. The first kappa shape index (κ1) is 26.7. The predicted molar refractivity (Wildman–Crippen MR) is 205 cm³/mol. The van der Waals surface area contributed by atoms with Crippen LogP contribution in [0.5, 0.6) is 0 Å². The van der Waals surface area contributed by atoms with Crippen molar-refractivity contribution in [1.29, 1.82) is 0 Å². The van der Waals surface area contributed by atoms with Crippen LogP contribution in [-0.4, -0.2) is 14.5 Å². The first-order chi connectivity index (χ1) is 24.3. The maximum atomic E-state index is 6.78. The Balaban J connectivity index is 1.18. The summed E-state index contributed by atoms with van der Waals surface area (Å²) in [7, 11) is 0. The zero-order valence-corrected chi connectivity index (χ0v) is 26.9. The highest BCUT2D eigenvalue weighted by molar-refractivity contribution is 7.26. The lowest BCUT2D eigenvalue weighted by Gasteiger charge is -2.10. The summed E-state index contributed by atoms with van der Waals surface area (Å²) < 4.78 is 11.4. The molecule has 0 saturated heterocycles. The Hall–Kier alpha value is -6.30. The van der Waals surface area contributed by atoms with Crippen LogP contribution in [0, 0.1) is 0 Å². The fourth-order valence-electron chi connectivity index (χ4n) is 7.66. The smallest absolute Gasteiger partial charge is 0.161 e. The molecule has 0 aliphatic heterocycles. The molecule has 0 unspecified atom stereocenters. The van der Waals surface area contributed by atoms with Gasteiger partial charge in [0.05, 0.1) is 26.9 Å². The number of para-hydroxylation sites is 2. The van der Waals surface area contributed by atoms with Crippen molar-refractivity contribution >= 4 is 86.2 Å². The van der Waals surface area contributed by atoms with Crippen LogP contribution < -0.4 is 0 Å². The molecule has 4 heterocycles. The summed E-state index contributed by atoms with van der Waals surface area (Å²) in [5, 5.41) is 8.05. The molecule has 0 fully saturated rings. The van der Waals surface area contributed by atoms with E-state index in [1.807, 2.05) is 6.07 Å². The molecular formula is C44H25N3OS. The van der Waals surface area contributed by atoms with Crippen molar-refractivity contribution < 1.29 is 4.42 Å². The molecule has 0 aliphatic rings. The van der Waals surface area contributed by atoms with Crippen molar-refractivity contribution in [3.8, 4) is 28.3 Å². The largest absolute Gasteiger partial charge is 0.456 e. The zero-order chi connectivity index (χ0) is 32.1. The van der Waals surface area contributed by atoms with Crippen molar-refractivity contribution in [2.75, 3.05) is 0 Å². The van der Waals surface area contributed by atoms with Crippen molar-refractivity contribution in [3.63, 3.8) is 0 Å². The van der Waals surface area contributed by atoms with Gasteiger partial charge in [-0.3, -0.25) is 0 Å². The van der Waals surface area contributed by atoms with Crippen molar-refractivity contribution in [1.82, 2.24) is 14.5 Å². The maximum Gasteiger partial charge on any atom is 0.161 e. The summed E-state index contributed by atoms with van der Waals surface area (Å²) in [6, 6.07) is 53.4. The van der Waals surface area contributed by atoms with E-state index >= 15 is 0 Å². The van der Waals surface area contributed by atoms with Gasteiger partial charge in [0.1, 0.15) is 11.2 Å². The first-order valence-electron chi connectivity index (χ1n) is 16.4. The molecule has 0 spiro atoms. The maximum absolute atomic E-state index is 6.78. The summed E-state index contributed by atoms with van der Waals surface area (Å²) in [5.74, 6) is 0.694. The van der Waals surface area contributed by atoms with Gasteiger partial charge in [-0.1, -0.05) is 109 Å². The minimum absolute atomic E-state index is 0.694. The van der Waals surface area contributed by atoms with E-state index in [1.54, 1.807) is 11.3 Å². The quantitative estimate of drug-likeness (QED) is 0.192. The second-order valence-corrected chi connectivity index (χ2v) is 13.6. The second kappa shape index (κ2) is 10.1. The highest BCUT2D eigenvalue weighted by Gasteiger charge is 2.21. The molecule has 4 aromatic heterocycles. The molecule has 5 heteroatoms. The van der Waals surface area contributed by atoms with Crippen LogP contribution in [0.4, 0.5) is 0 Å². The normalized spacial score (nSPS) is 12.1. The van der Waals surface area contributed by atoms with E-state index in [0.717, 1.165) is 70.8 Å². The lowest BCUT2D eigenvalue weighted by Crippen LogP contribution is -1.94. The van der Waals surface area contributed by atoms with Gasteiger partial charge in [0.15, 0.2) is 5.82 Å². The van der Waals surface area contributed by atoms with Gasteiger partial charge in [0.2, 0.25) is 0 Å². The molecule has 0 saturated carbocycles. The molecule has 0 radical (unpaired) electrons. The molecule has 4 nitrogen and oxygen atoms in total. The van der Waals surface area contributed by atoms with Gasteiger partial charge in [-0.2, -0.15) is 0 Å². The third kappa shape index (κ3) is 3.85. The lowest BCUT2D eigenvalue weighted by molar-refractivity contribution is 0.669. The third-order valence-electron chi connectivity index (χ3n) is 9.81. The van der Waals surface area contributed by atoms with E-state index < -0.39 is 0 Å².